The highest BCUT2D eigenvalue weighted by Gasteiger charge is 2.08. The number of hydrogen-bond donors (Lipinski definition) is 3. The summed E-state index contributed by atoms with van der Waals surface area (Å²) in [6, 6.07) is 17.5. The first-order chi connectivity index (χ1) is 12.2. The molecule has 0 aliphatic heterocycles. The minimum absolute atomic E-state index is 0.246. The van der Waals surface area contributed by atoms with Gasteiger partial charge in [0, 0.05) is 12.1 Å². The predicted octanol–water partition coefficient (Wildman–Crippen LogP) is 2.77. The van der Waals surface area contributed by atoms with Crippen molar-refractivity contribution < 1.29 is 4.73 Å². The van der Waals surface area contributed by atoms with E-state index in [4.69, 9.17) is 0 Å². The molecule has 124 valence electrons. The molecule has 25 heavy (non-hydrogen) atoms. The Labute approximate surface area is 143 Å². The van der Waals surface area contributed by atoms with E-state index in [2.05, 4.69) is 15.3 Å². The van der Waals surface area contributed by atoms with Crippen molar-refractivity contribution >= 4 is 16.7 Å². The number of nitrogens with zero attached hydrogens (tertiary/aromatic N) is 1. The van der Waals surface area contributed by atoms with E-state index in [-0.39, 0.29) is 5.69 Å². The first kappa shape index (κ1) is 15.0. The molecule has 0 unspecified atom stereocenters. The smallest absolute Gasteiger partial charge is 0.323 e. The quantitative estimate of drug-likeness (QED) is 0.397. The Morgan fingerprint density at radius 2 is 1.72 bits per heavy atom. The third-order valence-electron chi connectivity index (χ3n) is 4.03. The molecular weight excluding hydrogens is 316 g/mol. The van der Waals surface area contributed by atoms with Gasteiger partial charge in [-0.25, -0.2) is 4.79 Å². The lowest BCUT2D eigenvalue weighted by molar-refractivity contribution is -0.604. The van der Waals surface area contributed by atoms with Crippen LogP contribution in [0.2, 0.25) is 0 Å². The predicted molar refractivity (Wildman–Crippen MR) is 97.1 cm³/mol. The van der Waals surface area contributed by atoms with Crippen LogP contribution in [0.15, 0.2) is 71.8 Å². The second-order valence-corrected chi connectivity index (χ2v) is 5.85. The zero-order valence-electron chi connectivity index (χ0n) is 13.3. The molecule has 2 aromatic heterocycles. The van der Waals surface area contributed by atoms with Gasteiger partial charge in [-0.05, 0) is 29.3 Å². The summed E-state index contributed by atoms with van der Waals surface area (Å²) >= 11 is 0. The summed E-state index contributed by atoms with van der Waals surface area (Å²) in [6.07, 6.45) is 3.02. The maximum atomic E-state index is 12.0. The summed E-state index contributed by atoms with van der Waals surface area (Å²) in [5.74, 6) is 0. The molecule has 0 bridgehead atoms. The zero-order valence-corrected chi connectivity index (χ0v) is 13.3. The Hall–Kier alpha value is -3.54. The molecule has 0 amide bonds. The molecule has 2 aromatic carbocycles. The van der Waals surface area contributed by atoms with E-state index in [0.717, 1.165) is 32.6 Å². The van der Waals surface area contributed by atoms with Crippen molar-refractivity contribution in [2.75, 3.05) is 5.32 Å². The molecule has 0 aliphatic carbocycles. The van der Waals surface area contributed by atoms with Crippen LogP contribution >= 0.6 is 0 Å². The lowest BCUT2D eigenvalue weighted by atomic mass is 10.1. The molecule has 0 saturated heterocycles. The van der Waals surface area contributed by atoms with E-state index in [1.54, 1.807) is 0 Å². The van der Waals surface area contributed by atoms with E-state index < -0.39 is 0 Å². The number of aromatic amines is 2. The number of imidazole rings is 1. The number of H-pyrrole nitrogens is 2. The third kappa shape index (κ3) is 3.23. The number of rotatable bonds is 4. The number of anilines is 1. The summed E-state index contributed by atoms with van der Waals surface area (Å²) in [4.78, 5) is 16.8. The molecule has 0 atom stereocenters. The molecule has 6 nitrogen and oxygen atoms in total. The van der Waals surface area contributed by atoms with Gasteiger partial charge in [0.15, 0.2) is 6.20 Å². The van der Waals surface area contributed by atoms with Crippen molar-refractivity contribution in [3.63, 3.8) is 0 Å². The van der Waals surface area contributed by atoms with Gasteiger partial charge in [-0.15, -0.1) is 0 Å². The molecule has 0 fully saturated rings. The number of fused-ring (bicyclic) bond motifs is 1. The lowest BCUT2D eigenvalue weighted by Crippen LogP contribution is -2.25. The van der Waals surface area contributed by atoms with Gasteiger partial charge in [0.25, 0.3) is 0 Å². The van der Waals surface area contributed by atoms with Crippen LogP contribution in [0.1, 0.15) is 5.56 Å². The average Bonchev–Trinajstić information content (AvgIpc) is 2.99. The zero-order chi connectivity index (χ0) is 17.2. The van der Waals surface area contributed by atoms with Gasteiger partial charge in [-0.2, -0.15) is 4.73 Å². The van der Waals surface area contributed by atoms with Crippen LogP contribution in [-0.4, -0.2) is 9.97 Å². The molecule has 4 rings (SSSR count). The summed E-state index contributed by atoms with van der Waals surface area (Å²) in [5.41, 5.74) is 4.71. The summed E-state index contributed by atoms with van der Waals surface area (Å²) < 4.78 is 0.784. The Bertz CT molecular complexity index is 1080. The molecule has 0 saturated carbocycles. The van der Waals surface area contributed by atoms with Gasteiger partial charge < -0.3 is 20.5 Å². The van der Waals surface area contributed by atoms with Gasteiger partial charge in [0.2, 0.25) is 6.20 Å². The van der Waals surface area contributed by atoms with Crippen LogP contribution in [0.3, 0.4) is 0 Å². The van der Waals surface area contributed by atoms with Gasteiger partial charge >= 0.3 is 5.69 Å². The fourth-order valence-corrected chi connectivity index (χ4v) is 2.82. The number of aromatic nitrogens is 3. The molecule has 2 heterocycles. The minimum Gasteiger partial charge on any atom is -0.619 e. The van der Waals surface area contributed by atoms with Crippen LogP contribution in [0.4, 0.5) is 5.69 Å². The average molecular weight is 332 g/mol. The molecule has 3 N–H and O–H groups in total. The monoisotopic (exact) mass is 332 g/mol. The van der Waals surface area contributed by atoms with Crippen molar-refractivity contribution in [3.05, 3.63) is 88.2 Å². The van der Waals surface area contributed by atoms with Crippen molar-refractivity contribution in [2.24, 2.45) is 0 Å². The first-order valence-electron chi connectivity index (χ1n) is 7.91. The third-order valence-corrected chi connectivity index (χ3v) is 4.03. The van der Waals surface area contributed by atoms with Crippen LogP contribution in [-0.2, 0) is 6.54 Å². The summed E-state index contributed by atoms with van der Waals surface area (Å²) in [6.45, 7) is 0.633. The maximum Gasteiger partial charge on any atom is 0.323 e. The van der Waals surface area contributed by atoms with Crippen LogP contribution in [0, 0.1) is 5.21 Å². The number of hydrogen-bond acceptors (Lipinski definition) is 3. The maximum absolute atomic E-state index is 12.0. The molecular formula is C19H16N4O2. The van der Waals surface area contributed by atoms with E-state index in [1.807, 2.05) is 54.6 Å². The normalized spacial score (nSPS) is 10.9. The van der Waals surface area contributed by atoms with E-state index in [9.17, 15) is 10.0 Å². The second-order valence-electron chi connectivity index (χ2n) is 5.85. The largest absolute Gasteiger partial charge is 0.619 e. The highest BCUT2D eigenvalue weighted by Crippen LogP contribution is 2.23. The Kier molecular flexibility index (Phi) is 3.70. The van der Waals surface area contributed by atoms with Crippen molar-refractivity contribution in [1.29, 1.82) is 0 Å². The Morgan fingerprint density at radius 1 is 0.920 bits per heavy atom. The number of nitrogens with one attached hydrogen (secondary N) is 3. The standard InChI is InChI=1S/C19H16N4O2/c24-19-21-17-7-6-14(9-18(17)22-19)15-8-16(12-23(25)11-15)20-10-13-4-2-1-3-5-13/h1-9,11-12,20H,10H2,(H2,21,22,24). The topological polar surface area (TPSA) is 87.6 Å². The molecule has 6 heteroatoms. The van der Waals surface area contributed by atoms with E-state index in [1.165, 1.54) is 12.4 Å². The molecule has 0 spiro atoms. The number of pyridine rings is 1. The molecule has 4 aromatic rings. The molecule has 0 aliphatic rings. The van der Waals surface area contributed by atoms with Gasteiger partial charge in [-0.3, -0.25) is 0 Å². The Balaban J connectivity index is 1.64. The first-order valence-corrected chi connectivity index (χ1v) is 7.91. The fourth-order valence-electron chi connectivity index (χ4n) is 2.82. The second kappa shape index (κ2) is 6.16. The van der Waals surface area contributed by atoms with E-state index >= 15 is 0 Å². The highest BCUT2D eigenvalue weighted by molar-refractivity contribution is 5.81. The van der Waals surface area contributed by atoms with Gasteiger partial charge in [-0.1, -0.05) is 36.4 Å². The summed E-state index contributed by atoms with van der Waals surface area (Å²) in [5, 5.41) is 15.2. The van der Waals surface area contributed by atoms with Crippen molar-refractivity contribution in [2.45, 2.75) is 6.54 Å². The molecule has 0 radical (unpaired) electrons. The van der Waals surface area contributed by atoms with Crippen LogP contribution in [0.5, 0.6) is 0 Å². The van der Waals surface area contributed by atoms with Crippen molar-refractivity contribution in [3.8, 4) is 11.1 Å². The van der Waals surface area contributed by atoms with Crippen molar-refractivity contribution in [1.82, 2.24) is 9.97 Å². The fraction of sp³-hybridized carbons (Fsp3) is 0.0526. The van der Waals surface area contributed by atoms with Gasteiger partial charge in [0.1, 0.15) is 5.69 Å². The van der Waals surface area contributed by atoms with Crippen LogP contribution in [0.25, 0.3) is 22.2 Å². The lowest BCUT2D eigenvalue weighted by Gasteiger charge is -2.09. The van der Waals surface area contributed by atoms with E-state index in [0.29, 0.717) is 12.1 Å². The Morgan fingerprint density at radius 3 is 2.56 bits per heavy atom. The minimum atomic E-state index is -0.246. The van der Waals surface area contributed by atoms with Crippen LogP contribution < -0.4 is 15.7 Å². The highest BCUT2D eigenvalue weighted by atomic mass is 16.5. The SMILES string of the molecule is O=c1[nH]c2ccc(-c3cc(NCc4ccccc4)c[n+]([O-])c3)cc2[nH]1. The summed E-state index contributed by atoms with van der Waals surface area (Å²) in [7, 11) is 0. The number of benzene rings is 2. The van der Waals surface area contributed by atoms with Gasteiger partial charge in [0.05, 0.1) is 11.0 Å².